The highest BCUT2D eigenvalue weighted by molar-refractivity contribution is 7.89. The van der Waals surface area contributed by atoms with Gasteiger partial charge in [0, 0.05) is 11.7 Å². The van der Waals surface area contributed by atoms with Crippen molar-refractivity contribution in [2.24, 2.45) is 5.41 Å². The average Bonchev–Trinajstić information content (AvgIpc) is 2.37. The highest BCUT2D eigenvalue weighted by Crippen LogP contribution is 2.26. The second kappa shape index (κ2) is 6.44. The van der Waals surface area contributed by atoms with Crippen LogP contribution in [0.1, 0.15) is 27.2 Å². The molecule has 0 spiro atoms. The van der Waals surface area contributed by atoms with Crippen molar-refractivity contribution in [1.82, 2.24) is 4.72 Å². The number of carboxylic acid groups (broad SMARTS) is 1. The Morgan fingerprint density at radius 3 is 2.14 bits per heavy atom. The predicted molar refractivity (Wildman–Crippen MR) is 81.8 cm³/mol. The molecule has 0 saturated carbocycles. The quantitative estimate of drug-likeness (QED) is 0.745. The van der Waals surface area contributed by atoms with E-state index in [1.54, 1.807) is 12.1 Å². The summed E-state index contributed by atoms with van der Waals surface area (Å²) in [6, 6.07) is 5.96. The predicted octanol–water partition coefficient (Wildman–Crippen LogP) is 1.90. The molecule has 1 atom stereocenters. The zero-order valence-corrected chi connectivity index (χ0v) is 13.5. The van der Waals surface area contributed by atoms with E-state index in [0.29, 0.717) is 5.69 Å². The Balaban J connectivity index is 2.94. The number of rotatable bonds is 6. The van der Waals surface area contributed by atoms with E-state index in [0.717, 1.165) is 0 Å². The van der Waals surface area contributed by atoms with Crippen LogP contribution in [0.2, 0.25) is 0 Å². The van der Waals surface area contributed by atoms with Gasteiger partial charge >= 0.3 is 5.97 Å². The maximum atomic E-state index is 11.6. The molecule has 118 valence electrons. The monoisotopic (exact) mass is 314 g/mol. The van der Waals surface area contributed by atoms with Crippen LogP contribution in [0.25, 0.3) is 0 Å². The molecule has 3 N–H and O–H groups in total. The largest absolute Gasteiger partial charge is 0.481 e. The Bertz CT molecular complexity index is 588. The molecule has 0 bridgehead atoms. The molecule has 0 heterocycles. The van der Waals surface area contributed by atoms with Gasteiger partial charge in [-0.1, -0.05) is 20.8 Å². The first kappa shape index (κ1) is 17.5. The zero-order chi connectivity index (χ0) is 16.3. The molecule has 1 aromatic rings. The van der Waals surface area contributed by atoms with Gasteiger partial charge in [-0.05, 0) is 36.7 Å². The van der Waals surface area contributed by atoms with E-state index >= 15 is 0 Å². The number of carboxylic acids is 1. The molecule has 0 fully saturated rings. The van der Waals surface area contributed by atoms with E-state index in [2.05, 4.69) is 10.0 Å². The van der Waals surface area contributed by atoms with Crippen molar-refractivity contribution in [2.45, 2.75) is 38.1 Å². The number of hydrogen-bond acceptors (Lipinski definition) is 4. The van der Waals surface area contributed by atoms with Gasteiger partial charge in [0.1, 0.15) is 0 Å². The molecule has 6 nitrogen and oxygen atoms in total. The lowest BCUT2D eigenvalue weighted by Crippen LogP contribution is -2.36. The second-order valence-electron chi connectivity index (χ2n) is 5.89. The maximum Gasteiger partial charge on any atom is 0.305 e. The van der Waals surface area contributed by atoms with E-state index in [9.17, 15) is 13.2 Å². The van der Waals surface area contributed by atoms with Crippen molar-refractivity contribution < 1.29 is 18.3 Å². The van der Waals surface area contributed by atoms with Crippen LogP contribution in [-0.2, 0) is 14.8 Å². The number of carbonyl (C=O) groups is 1. The number of benzene rings is 1. The van der Waals surface area contributed by atoms with Crippen molar-refractivity contribution in [3.8, 4) is 0 Å². The minimum absolute atomic E-state index is 0.0138. The van der Waals surface area contributed by atoms with Crippen LogP contribution in [0.4, 0.5) is 5.69 Å². The fourth-order valence-corrected chi connectivity index (χ4v) is 2.53. The van der Waals surface area contributed by atoms with E-state index in [1.165, 1.54) is 19.2 Å². The van der Waals surface area contributed by atoms with Gasteiger partial charge in [-0.25, -0.2) is 13.1 Å². The van der Waals surface area contributed by atoms with Crippen molar-refractivity contribution in [1.29, 1.82) is 0 Å². The molecule has 0 amide bonds. The molecule has 0 aliphatic carbocycles. The van der Waals surface area contributed by atoms with Crippen LogP contribution in [0.3, 0.4) is 0 Å². The lowest BCUT2D eigenvalue weighted by Gasteiger charge is -2.31. The van der Waals surface area contributed by atoms with Crippen molar-refractivity contribution in [3.05, 3.63) is 24.3 Å². The van der Waals surface area contributed by atoms with E-state index < -0.39 is 16.0 Å². The average molecular weight is 314 g/mol. The van der Waals surface area contributed by atoms with Crippen LogP contribution in [0, 0.1) is 5.41 Å². The van der Waals surface area contributed by atoms with Gasteiger partial charge in [0.15, 0.2) is 0 Å². The number of aliphatic carboxylic acids is 1. The molecule has 0 aromatic heterocycles. The Labute approximate surface area is 125 Å². The van der Waals surface area contributed by atoms with Crippen LogP contribution >= 0.6 is 0 Å². The first-order valence-corrected chi connectivity index (χ1v) is 8.06. The van der Waals surface area contributed by atoms with Crippen molar-refractivity contribution in [3.63, 3.8) is 0 Å². The van der Waals surface area contributed by atoms with Gasteiger partial charge in [-0.2, -0.15) is 0 Å². The SMILES string of the molecule is CNS(=O)(=O)c1ccc(NC(CC(=O)O)C(C)(C)C)cc1. The topological polar surface area (TPSA) is 95.5 Å². The summed E-state index contributed by atoms with van der Waals surface area (Å²) in [5.74, 6) is -0.878. The Kier molecular flexibility index (Phi) is 5.36. The van der Waals surface area contributed by atoms with Gasteiger partial charge in [-0.3, -0.25) is 4.79 Å². The van der Waals surface area contributed by atoms with Gasteiger partial charge in [-0.15, -0.1) is 0 Å². The smallest absolute Gasteiger partial charge is 0.305 e. The standard InChI is InChI=1S/C14H22N2O4S/c1-14(2,3)12(9-13(17)18)16-10-5-7-11(8-6-10)21(19,20)15-4/h5-8,12,15-16H,9H2,1-4H3,(H,17,18). The normalized spacial score (nSPS) is 13.7. The third kappa shape index (κ3) is 5.02. The van der Waals surface area contributed by atoms with Crippen LogP contribution < -0.4 is 10.0 Å². The first-order valence-electron chi connectivity index (χ1n) is 6.58. The molecule has 1 unspecified atom stereocenters. The first-order chi connectivity index (χ1) is 9.56. The van der Waals surface area contributed by atoms with Gasteiger partial charge in [0.25, 0.3) is 0 Å². The lowest BCUT2D eigenvalue weighted by atomic mass is 9.84. The van der Waals surface area contributed by atoms with E-state index in [-0.39, 0.29) is 22.8 Å². The molecule has 1 aromatic carbocycles. The molecule has 0 saturated heterocycles. The lowest BCUT2D eigenvalue weighted by molar-refractivity contribution is -0.137. The van der Waals surface area contributed by atoms with Crippen molar-refractivity contribution >= 4 is 21.7 Å². The minimum Gasteiger partial charge on any atom is -0.481 e. The number of sulfonamides is 1. The summed E-state index contributed by atoms with van der Waals surface area (Å²) < 4.78 is 25.5. The third-order valence-corrected chi connectivity index (χ3v) is 4.63. The molecule has 0 radical (unpaired) electrons. The molecule has 7 heteroatoms. The highest BCUT2D eigenvalue weighted by atomic mass is 32.2. The van der Waals surface area contributed by atoms with E-state index in [1.807, 2.05) is 20.8 Å². The van der Waals surface area contributed by atoms with Gasteiger partial charge in [0.05, 0.1) is 11.3 Å². The third-order valence-electron chi connectivity index (χ3n) is 3.20. The minimum atomic E-state index is -3.46. The van der Waals surface area contributed by atoms with Crippen LogP contribution in [-0.4, -0.2) is 32.6 Å². The van der Waals surface area contributed by atoms with E-state index in [4.69, 9.17) is 5.11 Å². The summed E-state index contributed by atoms with van der Waals surface area (Å²) in [6.45, 7) is 5.86. The van der Waals surface area contributed by atoms with Crippen LogP contribution in [0.15, 0.2) is 29.2 Å². The molecule has 1 rings (SSSR count). The van der Waals surface area contributed by atoms with Gasteiger partial charge < -0.3 is 10.4 Å². The summed E-state index contributed by atoms with van der Waals surface area (Å²) >= 11 is 0. The summed E-state index contributed by atoms with van der Waals surface area (Å²) in [5, 5.41) is 12.1. The molecular formula is C14H22N2O4S. The molecule has 0 aliphatic heterocycles. The summed E-state index contributed by atoms with van der Waals surface area (Å²) in [7, 11) is -2.11. The fraction of sp³-hybridized carbons (Fsp3) is 0.500. The Morgan fingerprint density at radius 1 is 1.24 bits per heavy atom. The number of nitrogens with one attached hydrogen (secondary N) is 2. The maximum absolute atomic E-state index is 11.6. The van der Waals surface area contributed by atoms with Crippen LogP contribution in [0.5, 0.6) is 0 Å². The Morgan fingerprint density at radius 2 is 1.76 bits per heavy atom. The number of hydrogen-bond donors (Lipinski definition) is 3. The van der Waals surface area contributed by atoms with Crippen molar-refractivity contribution in [2.75, 3.05) is 12.4 Å². The van der Waals surface area contributed by atoms with Gasteiger partial charge in [0.2, 0.25) is 10.0 Å². The molecular weight excluding hydrogens is 292 g/mol. The molecule has 21 heavy (non-hydrogen) atoms. The second-order valence-corrected chi connectivity index (χ2v) is 7.78. The summed E-state index contributed by atoms with van der Waals surface area (Å²) in [5.41, 5.74) is 0.444. The molecule has 0 aliphatic rings. The Hall–Kier alpha value is -1.60. The summed E-state index contributed by atoms with van der Waals surface area (Å²) in [6.07, 6.45) is -0.0138. The fourth-order valence-electron chi connectivity index (χ4n) is 1.80. The highest BCUT2D eigenvalue weighted by Gasteiger charge is 2.26. The zero-order valence-electron chi connectivity index (χ0n) is 12.7. The summed E-state index contributed by atoms with van der Waals surface area (Å²) in [4.78, 5) is 11.1. The number of anilines is 1.